The van der Waals surface area contributed by atoms with E-state index in [0.29, 0.717) is 13.0 Å². The maximum Gasteiger partial charge on any atom is 0.235 e. The van der Waals surface area contributed by atoms with Gasteiger partial charge in [0.2, 0.25) is 12.3 Å². The Labute approximate surface area is 110 Å². The SMILES string of the molecule is CCC(C)NC(C(N)=O)C(C)(C)CCCNC=O. The van der Waals surface area contributed by atoms with Crippen LogP contribution in [-0.2, 0) is 9.59 Å². The van der Waals surface area contributed by atoms with E-state index < -0.39 is 0 Å². The van der Waals surface area contributed by atoms with Gasteiger partial charge in [-0.2, -0.15) is 0 Å². The molecule has 106 valence electrons. The van der Waals surface area contributed by atoms with Gasteiger partial charge in [0, 0.05) is 12.6 Å². The van der Waals surface area contributed by atoms with E-state index in [1.165, 1.54) is 0 Å². The third-order valence-corrected chi connectivity index (χ3v) is 3.36. The molecular weight excluding hydrogens is 230 g/mol. The number of carbonyl (C=O) groups excluding carboxylic acids is 2. The Morgan fingerprint density at radius 3 is 2.50 bits per heavy atom. The molecule has 0 bridgehead atoms. The van der Waals surface area contributed by atoms with Gasteiger partial charge in [-0.05, 0) is 31.6 Å². The lowest BCUT2D eigenvalue weighted by Crippen LogP contribution is -2.53. The molecule has 0 aromatic heterocycles. The van der Waals surface area contributed by atoms with Gasteiger partial charge in [-0.15, -0.1) is 0 Å². The summed E-state index contributed by atoms with van der Waals surface area (Å²) >= 11 is 0. The second kappa shape index (κ2) is 8.08. The molecule has 5 heteroatoms. The average molecular weight is 257 g/mol. The number of hydrogen-bond acceptors (Lipinski definition) is 3. The highest BCUT2D eigenvalue weighted by Crippen LogP contribution is 2.27. The fourth-order valence-corrected chi connectivity index (χ4v) is 1.94. The summed E-state index contributed by atoms with van der Waals surface area (Å²) in [7, 11) is 0. The molecule has 0 fully saturated rings. The highest BCUT2D eigenvalue weighted by Gasteiger charge is 2.33. The Morgan fingerprint density at radius 1 is 1.44 bits per heavy atom. The lowest BCUT2D eigenvalue weighted by atomic mass is 9.79. The monoisotopic (exact) mass is 257 g/mol. The molecule has 0 aromatic rings. The zero-order valence-corrected chi connectivity index (χ0v) is 12.0. The van der Waals surface area contributed by atoms with Crippen LogP contribution < -0.4 is 16.4 Å². The molecule has 0 saturated heterocycles. The molecule has 0 spiro atoms. The van der Waals surface area contributed by atoms with Crippen molar-refractivity contribution in [3.8, 4) is 0 Å². The van der Waals surface area contributed by atoms with Crippen LogP contribution in [0.2, 0.25) is 0 Å². The van der Waals surface area contributed by atoms with Crippen molar-refractivity contribution in [3.63, 3.8) is 0 Å². The molecule has 0 aromatic carbocycles. The second-order valence-corrected chi connectivity index (χ2v) is 5.48. The van der Waals surface area contributed by atoms with Gasteiger partial charge in [-0.25, -0.2) is 0 Å². The number of rotatable bonds is 10. The zero-order chi connectivity index (χ0) is 14.2. The second-order valence-electron chi connectivity index (χ2n) is 5.48. The largest absolute Gasteiger partial charge is 0.368 e. The molecule has 2 amide bonds. The highest BCUT2D eigenvalue weighted by molar-refractivity contribution is 5.80. The zero-order valence-electron chi connectivity index (χ0n) is 12.0. The van der Waals surface area contributed by atoms with E-state index in [1.807, 2.05) is 20.8 Å². The maximum absolute atomic E-state index is 11.6. The van der Waals surface area contributed by atoms with E-state index in [9.17, 15) is 9.59 Å². The van der Waals surface area contributed by atoms with Crippen LogP contribution in [-0.4, -0.2) is 30.9 Å². The number of carbonyl (C=O) groups is 2. The summed E-state index contributed by atoms with van der Waals surface area (Å²) < 4.78 is 0. The van der Waals surface area contributed by atoms with E-state index in [4.69, 9.17) is 5.73 Å². The van der Waals surface area contributed by atoms with Crippen LogP contribution in [0.3, 0.4) is 0 Å². The van der Waals surface area contributed by atoms with Crippen LogP contribution in [0.1, 0.15) is 47.0 Å². The van der Waals surface area contributed by atoms with Crippen molar-refractivity contribution in [2.24, 2.45) is 11.1 Å². The van der Waals surface area contributed by atoms with Gasteiger partial charge in [-0.3, -0.25) is 9.59 Å². The van der Waals surface area contributed by atoms with Crippen molar-refractivity contribution in [2.75, 3.05) is 6.54 Å². The standard InChI is InChI=1S/C13H27N3O2/c1-5-10(2)16-11(12(14)18)13(3,4)7-6-8-15-9-17/h9-11,16H,5-8H2,1-4H3,(H2,14,18)(H,15,17). The van der Waals surface area contributed by atoms with Crippen LogP contribution in [0.25, 0.3) is 0 Å². The van der Waals surface area contributed by atoms with Crippen molar-refractivity contribution in [1.29, 1.82) is 0 Å². The fourth-order valence-electron chi connectivity index (χ4n) is 1.94. The molecule has 0 aliphatic heterocycles. The number of hydrogen-bond donors (Lipinski definition) is 3. The number of amides is 2. The summed E-state index contributed by atoms with van der Waals surface area (Å²) in [4.78, 5) is 21.7. The van der Waals surface area contributed by atoms with Crippen molar-refractivity contribution in [2.45, 2.75) is 59.0 Å². The molecule has 0 radical (unpaired) electrons. The minimum Gasteiger partial charge on any atom is -0.368 e. The van der Waals surface area contributed by atoms with Gasteiger partial charge >= 0.3 is 0 Å². The van der Waals surface area contributed by atoms with Crippen molar-refractivity contribution in [1.82, 2.24) is 10.6 Å². The molecular formula is C13H27N3O2. The third kappa shape index (κ3) is 6.00. The minimum atomic E-state index is -0.344. The normalized spacial score (nSPS) is 14.9. The van der Waals surface area contributed by atoms with Crippen molar-refractivity contribution < 1.29 is 9.59 Å². The molecule has 0 saturated carbocycles. The summed E-state index contributed by atoms with van der Waals surface area (Å²) in [5, 5.41) is 5.91. The van der Waals surface area contributed by atoms with E-state index in [-0.39, 0.29) is 23.4 Å². The number of nitrogens with two attached hydrogens (primary N) is 1. The van der Waals surface area contributed by atoms with Gasteiger partial charge in [-0.1, -0.05) is 20.8 Å². The predicted molar refractivity (Wildman–Crippen MR) is 73.0 cm³/mol. The average Bonchev–Trinajstić information content (AvgIpc) is 2.30. The Kier molecular flexibility index (Phi) is 7.59. The summed E-state index contributed by atoms with van der Waals surface area (Å²) in [5.74, 6) is -0.316. The van der Waals surface area contributed by atoms with Crippen LogP contribution >= 0.6 is 0 Å². The lowest BCUT2D eigenvalue weighted by molar-refractivity contribution is -0.123. The summed E-state index contributed by atoms with van der Waals surface area (Å²) in [5.41, 5.74) is 5.26. The first-order valence-corrected chi connectivity index (χ1v) is 6.57. The van der Waals surface area contributed by atoms with Crippen molar-refractivity contribution >= 4 is 12.3 Å². The molecule has 5 nitrogen and oxygen atoms in total. The molecule has 2 atom stereocenters. The van der Waals surface area contributed by atoms with Crippen LogP contribution in [0, 0.1) is 5.41 Å². The third-order valence-electron chi connectivity index (χ3n) is 3.36. The van der Waals surface area contributed by atoms with Gasteiger partial charge < -0.3 is 16.4 Å². The minimum absolute atomic E-state index is 0.222. The van der Waals surface area contributed by atoms with E-state index in [1.54, 1.807) is 0 Å². The number of nitrogens with one attached hydrogen (secondary N) is 2. The molecule has 0 aliphatic rings. The Hall–Kier alpha value is -1.10. The molecule has 0 aliphatic carbocycles. The quantitative estimate of drug-likeness (QED) is 0.399. The Balaban J connectivity index is 4.45. The van der Waals surface area contributed by atoms with E-state index in [2.05, 4.69) is 17.6 Å². The highest BCUT2D eigenvalue weighted by atomic mass is 16.1. The van der Waals surface area contributed by atoms with E-state index in [0.717, 1.165) is 19.3 Å². The summed E-state index contributed by atoms with van der Waals surface area (Å²) in [6.45, 7) is 8.79. The smallest absolute Gasteiger partial charge is 0.235 e. The van der Waals surface area contributed by atoms with Gasteiger partial charge in [0.05, 0.1) is 6.04 Å². The lowest BCUT2D eigenvalue weighted by Gasteiger charge is -2.34. The molecule has 2 unspecified atom stereocenters. The molecule has 18 heavy (non-hydrogen) atoms. The predicted octanol–water partition coefficient (Wildman–Crippen LogP) is 0.781. The van der Waals surface area contributed by atoms with Gasteiger partial charge in [0.15, 0.2) is 0 Å². The van der Waals surface area contributed by atoms with Crippen molar-refractivity contribution in [3.05, 3.63) is 0 Å². The maximum atomic E-state index is 11.6. The Morgan fingerprint density at radius 2 is 2.06 bits per heavy atom. The van der Waals surface area contributed by atoms with Crippen LogP contribution in [0.15, 0.2) is 0 Å². The fraction of sp³-hybridized carbons (Fsp3) is 0.846. The molecule has 0 rings (SSSR count). The first-order valence-electron chi connectivity index (χ1n) is 6.57. The van der Waals surface area contributed by atoms with Crippen LogP contribution in [0.5, 0.6) is 0 Å². The summed E-state index contributed by atoms with van der Waals surface area (Å²) in [6, 6.07) is -0.0847. The van der Waals surface area contributed by atoms with E-state index >= 15 is 0 Å². The number of primary amides is 1. The summed E-state index contributed by atoms with van der Waals surface area (Å²) in [6.07, 6.45) is 3.30. The molecule has 4 N–H and O–H groups in total. The van der Waals surface area contributed by atoms with Crippen LogP contribution in [0.4, 0.5) is 0 Å². The Bertz CT molecular complexity index is 267. The van der Waals surface area contributed by atoms with Gasteiger partial charge in [0.25, 0.3) is 0 Å². The van der Waals surface area contributed by atoms with Gasteiger partial charge in [0.1, 0.15) is 0 Å². The molecule has 0 heterocycles. The first-order chi connectivity index (χ1) is 8.35. The first kappa shape index (κ1) is 16.9. The topological polar surface area (TPSA) is 84.2 Å².